The number of anilines is 2. The zero-order chi connectivity index (χ0) is 27.4. The molecule has 5 rings (SSSR count). The molecule has 4 aromatic rings. The Balaban J connectivity index is 1.49. The molecule has 1 atom stereocenters. The molecule has 2 N–H and O–H groups in total. The predicted molar refractivity (Wildman–Crippen MR) is 144 cm³/mol. The molecule has 10 heteroatoms. The van der Waals surface area contributed by atoms with Crippen LogP contribution in [0.15, 0.2) is 84.3 Å². The Morgan fingerprint density at radius 2 is 1.85 bits per heavy atom. The summed E-state index contributed by atoms with van der Waals surface area (Å²) in [6.07, 6.45) is 1.44. The van der Waals surface area contributed by atoms with Crippen LogP contribution in [0, 0.1) is 5.82 Å². The number of para-hydroxylation sites is 2. The maximum absolute atomic E-state index is 13.7. The summed E-state index contributed by atoms with van der Waals surface area (Å²) in [5.41, 5.74) is 3.23. The minimum Gasteiger partial charge on any atom is -0.495 e. The number of allylic oxidation sites excluding steroid dienone is 1. The highest BCUT2D eigenvalue weighted by atomic mass is 19.1. The van der Waals surface area contributed by atoms with Crippen LogP contribution in [0.3, 0.4) is 0 Å². The first-order chi connectivity index (χ1) is 19.0. The summed E-state index contributed by atoms with van der Waals surface area (Å²) >= 11 is 0. The van der Waals surface area contributed by atoms with Crippen LogP contribution in [0.4, 0.5) is 16.0 Å². The minimum atomic E-state index is -0.594. The number of nitrogens with one attached hydrogen (secondary N) is 2. The molecule has 200 valence electrons. The van der Waals surface area contributed by atoms with E-state index in [-0.39, 0.29) is 18.3 Å². The summed E-state index contributed by atoms with van der Waals surface area (Å²) in [6, 6.07) is 18.3. The van der Waals surface area contributed by atoms with Crippen molar-refractivity contribution in [1.82, 2.24) is 14.8 Å². The number of benzene rings is 3. The fourth-order valence-electron chi connectivity index (χ4n) is 4.45. The average molecular weight is 530 g/mol. The zero-order valence-electron chi connectivity index (χ0n) is 21.8. The normalized spacial score (nSPS) is 14.3. The topological polar surface area (TPSA) is 99.5 Å². The highest BCUT2D eigenvalue weighted by molar-refractivity contribution is 6.06. The van der Waals surface area contributed by atoms with Gasteiger partial charge in [0.2, 0.25) is 5.95 Å². The van der Waals surface area contributed by atoms with E-state index < -0.39 is 6.04 Å². The third-order valence-electron chi connectivity index (χ3n) is 6.29. The summed E-state index contributed by atoms with van der Waals surface area (Å²) in [6.45, 7) is 4.36. The van der Waals surface area contributed by atoms with Gasteiger partial charge in [-0.15, -0.1) is 0 Å². The SMILES string of the molecule is CCOc1cc([C@@H]2C(C(=O)Nc3ccccc3OC)=C(C)Nc3ncnn32)ccc1OCc1ccc(F)cc1. The molecular formula is C29H28FN5O4. The molecule has 0 saturated carbocycles. The van der Waals surface area contributed by atoms with Gasteiger partial charge in [0, 0.05) is 5.70 Å². The van der Waals surface area contributed by atoms with Crippen molar-refractivity contribution in [2.24, 2.45) is 0 Å². The first kappa shape index (κ1) is 25.8. The van der Waals surface area contributed by atoms with Gasteiger partial charge in [-0.2, -0.15) is 10.1 Å². The van der Waals surface area contributed by atoms with Crippen LogP contribution in [0.1, 0.15) is 31.0 Å². The maximum Gasteiger partial charge on any atom is 0.255 e. The van der Waals surface area contributed by atoms with Crippen molar-refractivity contribution in [3.05, 3.63) is 101 Å². The number of halogens is 1. The molecule has 0 aliphatic carbocycles. The highest BCUT2D eigenvalue weighted by Gasteiger charge is 2.34. The van der Waals surface area contributed by atoms with Crippen molar-refractivity contribution < 1.29 is 23.4 Å². The molecule has 0 fully saturated rings. The largest absolute Gasteiger partial charge is 0.495 e. The number of amides is 1. The number of hydrogen-bond donors (Lipinski definition) is 2. The van der Waals surface area contributed by atoms with E-state index in [9.17, 15) is 9.18 Å². The van der Waals surface area contributed by atoms with Gasteiger partial charge >= 0.3 is 0 Å². The van der Waals surface area contributed by atoms with Crippen LogP contribution in [-0.2, 0) is 11.4 Å². The Labute approximate surface area is 225 Å². The molecule has 39 heavy (non-hydrogen) atoms. The fourth-order valence-corrected chi connectivity index (χ4v) is 4.45. The number of carbonyl (C=O) groups is 1. The Hall–Kier alpha value is -4.86. The van der Waals surface area contributed by atoms with Crippen molar-refractivity contribution >= 4 is 17.5 Å². The molecular weight excluding hydrogens is 501 g/mol. The second kappa shape index (κ2) is 11.3. The smallest absolute Gasteiger partial charge is 0.255 e. The Morgan fingerprint density at radius 3 is 2.62 bits per heavy atom. The van der Waals surface area contributed by atoms with Crippen molar-refractivity contribution in [2.75, 3.05) is 24.4 Å². The van der Waals surface area contributed by atoms with E-state index in [0.29, 0.717) is 46.8 Å². The molecule has 1 amide bonds. The van der Waals surface area contributed by atoms with E-state index in [2.05, 4.69) is 20.7 Å². The van der Waals surface area contributed by atoms with Gasteiger partial charge in [0.05, 0.1) is 25.0 Å². The van der Waals surface area contributed by atoms with Gasteiger partial charge in [0.25, 0.3) is 5.91 Å². The lowest BCUT2D eigenvalue weighted by Gasteiger charge is -2.29. The third-order valence-corrected chi connectivity index (χ3v) is 6.29. The number of carbonyl (C=O) groups excluding carboxylic acids is 1. The number of fused-ring (bicyclic) bond motifs is 1. The number of ether oxygens (including phenoxy) is 3. The van der Waals surface area contributed by atoms with Gasteiger partial charge in [-0.1, -0.05) is 30.3 Å². The Kier molecular flexibility index (Phi) is 7.44. The van der Waals surface area contributed by atoms with Gasteiger partial charge in [0.1, 0.15) is 30.5 Å². The lowest BCUT2D eigenvalue weighted by atomic mass is 9.94. The number of nitrogens with zero attached hydrogens (tertiary/aromatic N) is 3. The molecule has 0 radical (unpaired) electrons. The summed E-state index contributed by atoms with van der Waals surface area (Å²) < 4.78 is 32.3. The predicted octanol–water partition coefficient (Wildman–Crippen LogP) is 5.33. The number of methoxy groups -OCH3 is 1. The van der Waals surface area contributed by atoms with E-state index in [1.54, 1.807) is 42.1 Å². The van der Waals surface area contributed by atoms with E-state index >= 15 is 0 Å². The monoisotopic (exact) mass is 529 g/mol. The van der Waals surface area contributed by atoms with Gasteiger partial charge in [0.15, 0.2) is 11.5 Å². The lowest BCUT2D eigenvalue weighted by molar-refractivity contribution is -0.113. The van der Waals surface area contributed by atoms with Crippen LogP contribution in [0.25, 0.3) is 0 Å². The molecule has 1 aliphatic rings. The molecule has 9 nitrogen and oxygen atoms in total. The molecule has 0 saturated heterocycles. The molecule has 1 aliphatic heterocycles. The third kappa shape index (κ3) is 5.40. The zero-order valence-corrected chi connectivity index (χ0v) is 21.8. The van der Waals surface area contributed by atoms with Gasteiger partial charge < -0.3 is 24.8 Å². The molecule has 0 unspecified atom stereocenters. The van der Waals surface area contributed by atoms with Crippen molar-refractivity contribution in [2.45, 2.75) is 26.5 Å². The Morgan fingerprint density at radius 1 is 1.05 bits per heavy atom. The van der Waals surface area contributed by atoms with Gasteiger partial charge in [-0.25, -0.2) is 9.07 Å². The van der Waals surface area contributed by atoms with Crippen LogP contribution >= 0.6 is 0 Å². The summed E-state index contributed by atoms with van der Waals surface area (Å²) in [7, 11) is 1.55. The lowest BCUT2D eigenvalue weighted by Crippen LogP contribution is -2.31. The first-order valence-electron chi connectivity index (χ1n) is 12.4. The van der Waals surface area contributed by atoms with E-state index in [1.807, 2.05) is 38.1 Å². The van der Waals surface area contributed by atoms with Crippen molar-refractivity contribution in [1.29, 1.82) is 0 Å². The number of hydrogen-bond acceptors (Lipinski definition) is 7. The minimum absolute atomic E-state index is 0.242. The molecule has 3 aromatic carbocycles. The summed E-state index contributed by atoms with van der Waals surface area (Å²) in [4.78, 5) is 18.0. The first-order valence-corrected chi connectivity index (χ1v) is 12.4. The second-order valence-corrected chi connectivity index (χ2v) is 8.80. The quantitative estimate of drug-likeness (QED) is 0.302. The summed E-state index contributed by atoms with van der Waals surface area (Å²) in [5, 5.41) is 10.5. The van der Waals surface area contributed by atoms with E-state index in [1.165, 1.54) is 18.5 Å². The standard InChI is InChI=1S/C29H28FN5O4/c1-4-38-25-15-20(11-14-24(25)39-16-19-9-12-21(30)13-10-19)27-26(18(2)33-29-31-17-32-35(27)29)28(36)34-22-7-5-6-8-23(22)37-3/h5-15,17,27H,4,16H2,1-3H3,(H,34,36)(H,31,32,33)/t27-/m1/s1. The molecule has 2 heterocycles. The Bertz CT molecular complexity index is 1520. The maximum atomic E-state index is 13.7. The highest BCUT2D eigenvalue weighted by Crippen LogP contribution is 2.39. The van der Waals surface area contributed by atoms with Crippen LogP contribution < -0.4 is 24.8 Å². The van der Waals surface area contributed by atoms with E-state index in [4.69, 9.17) is 14.2 Å². The van der Waals surface area contributed by atoms with Crippen LogP contribution in [-0.4, -0.2) is 34.4 Å². The average Bonchev–Trinajstić information content (AvgIpc) is 3.41. The van der Waals surface area contributed by atoms with Crippen LogP contribution in [0.2, 0.25) is 0 Å². The molecule has 0 bridgehead atoms. The molecule has 0 spiro atoms. The molecule has 1 aromatic heterocycles. The van der Waals surface area contributed by atoms with Gasteiger partial charge in [-0.05, 0) is 61.4 Å². The van der Waals surface area contributed by atoms with Gasteiger partial charge in [-0.3, -0.25) is 4.79 Å². The van der Waals surface area contributed by atoms with Crippen molar-refractivity contribution in [3.8, 4) is 17.2 Å². The second-order valence-electron chi connectivity index (χ2n) is 8.80. The number of aromatic nitrogens is 3. The van der Waals surface area contributed by atoms with E-state index in [0.717, 1.165) is 11.1 Å². The number of rotatable bonds is 9. The summed E-state index contributed by atoms with van der Waals surface area (Å²) in [5.74, 6) is 1.48. The van der Waals surface area contributed by atoms with Crippen LogP contribution in [0.5, 0.6) is 17.2 Å². The fraction of sp³-hybridized carbons (Fsp3) is 0.207. The van der Waals surface area contributed by atoms with Crippen molar-refractivity contribution in [3.63, 3.8) is 0 Å².